The van der Waals surface area contributed by atoms with Crippen LogP contribution in [-0.4, -0.2) is 41.9 Å². The number of hydrogen-bond acceptors (Lipinski definition) is 3. The number of hydrogen-bond donors (Lipinski definition) is 0. The van der Waals surface area contributed by atoms with Crippen LogP contribution in [0.4, 0.5) is 0 Å². The van der Waals surface area contributed by atoms with Crippen LogP contribution in [0.25, 0.3) is 11.1 Å². The summed E-state index contributed by atoms with van der Waals surface area (Å²) >= 11 is 0. The van der Waals surface area contributed by atoms with Gasteiger partial charge in [0.05, 0.1) is 6.26 Å². The molecule has 0 radical (unpaired) electrons. The van der Waals surface area contributed by atoms with Gasteiger partial charge in [-0.2, -0.15) is 0 Å². The summed E-state index contributed by atoms with van der Waals surface area (Å²) < 4.78 is 5.59. The number of rotatable bonds is 4. The predicted molar refractivity (Wildman–Crippen MR) is 106 cm³/mol. The second kappa shape index (κ2) is 8.23. The third kappa shape index (κ3) is 4.12. The Morgan fingerprint density at radius 1 is 0.852 bits per heavy atom. The largest absolute Gasteiger partial charge is 0.459 e. The molecule has 4 heteroatoms. The smallest absolute Gasteiger partial charge is 0.290 e. The fraction of sp³-hybridized carbons (Fsp3) is 0.261. The molecule has 2 heterocycles. The molecule has 0 saturated carbocycles. The zero-order valence-electron chi connectivity index (χ0n) is 15.4. The molecule has 1 aliphatic rings. The summed E-state index contributed by atoms with van der Waals surface area (Å²) in [6.45, 7) is 4.29. The van der Waals surface area contributed by atoms with Gasteiger partial charge in [-0.05, 0) is 23.6 Å². The zero-order chi connectivity index (χ0) is 18.5. The molecule has 0 aliphatic carbocycles. The van der Waals surface area contributed by atoms with E-state index in [1.165, 1.54) is 5.56 Å². The van der Waals surface area contributed by atoms with E-state index in [0.717, 1.165) is 50.3 Å². The standard InChI is InChI=1S/C23H24N2O2/c26-23(22-21(12-17-27-22)20-10-5-2-6-11-20)25-14-7-13-24(15-16-25)18-19-8-3-1-4-9-19/h1-6,8-12,17H,7,13-16,18H2. The Morgan fingerprint density at radius 3 is 2.37 bits per heavy atom. The van der Waals surface area contributed by atoms with Gasteiger partial charge in [0, 0.05) is 38.3 Å². The van der Waals surface area contributed by atoms with Crippen LogP contribution in [0.3, 0.4) is 0 Å². The van der Waals surface area contributed by atoms with Gasteiger partial charge in [-0.3, -0.25) is 9.69 Å². The first-order chi connectivity index (χ1) is 13.3. The van der Waals surface area contributed by atoms with E-state index in [9.17, 15) is 4.79 Å². The van der Waals surface area contributed by atoms with E-state index in [1.54, 1.807) is 6.26 Å². The molecule has 2 aromatic carbocycles. The quantitative estimate of drug-likeness (QED) is 0.696. The molecule has 3 aromatic rings. The van der Waals surface area contributed by atoms with E-state index >= 15 is 0 Å². The number of carbonyl (C=O) groups is 1. The molecular formula is C23H24N2O2. The molecule has 138 valence electrons. The predicted octanol–water partition coefficient (Wildman–Crippen LogP) is 4.29. The molecule has 1 fully saturated rings. The van der Waals surface area contributed by atoms with Gasteiger partial charge in [0.25, 0.3) is 5.91 Å². The first kappa shape index (κ1) is 17.6. The lowest BCUT2D eigenvalue weighted by molar-refractivity contribution is 0.0730. The number of furan rings is 1. The monoisotopic (exact) mass is 360 g/mol. The first-order valence-corrected chi connectivity index (χ1v) is 9.50. The van der Waals surface area contributed by atoms with E-state index in [4.69, 9.17) is 4.42 Å². The highest BCUT2D eigenvalue weighted by atomic mass is 16.3. The molecule has 4 rings (SSSR count). The Balaban J connectivity index is 1.44. The summed E-state index contributed by atoms with van der Waals surface area (Å²) in [4.78, 5) is 17.4. The van der Waals surface area contributed by atoms with Crippen LogP contribution in [-0.2, 0) is 6.54 Å². The zero-order valence-corrected chi connectivity index (χ0v) is 15.4. The minimum Gasteiger partial charge on any atom is -0.459 e. The van der Waals surface area contributed by atoms with Crippen LogP contribution in [0.15, 0.2) is 77.4 Å². The number of amides is 1. The van der Waals surface area contributed by atoms with Gasteiger partial charge in [-0.25, -0.2) is 0 Å². The van der Waals surface area contributed by atoms with Crippen LogP contribution >= 0.6 is 0 Å². The third-order valence-electron chi connectivity index (χ3n) is 5.07. The molecule has 1 saturated heterocycles. The highest BCUT2D eigenvalue weighted by Gasteiger charge is 2.25. The van der Waals surface area contributed by atoms with Gasteiger partial charge in [0.2, 0.25) is 0 Å². The van der Waals surface area contributed by atoms with E-state index in [1.807, 2.05) is 47.4 Å². The SMILES string of the molecule is O=C(c1occc1-c1ccccc1)N1CCCN(Cc2ccccc2)CC1. The van der Waals surface area contributed by atoms with E-state index in [0.29, 0.717) is 5.76 Å². The number of nitrogens with zero attached hydrogens (tertiary/aromatic N) is 2. The van der Waals surface area contributed by atoms with Crippen molar-refractivity contribution < 1.29 is 9.21 Å². The maximum Gasteiger partial charge on any atom is 0.290 e. The molecule has 0 spiro atoms. The van der Waals surface area contributed by atoms with Crippen LogP contribution in [0, 0.1) is 0 Å². The molecule has 1 aliphatic heterocycles. The van der Waals surface area contributed by atoms with Crippen LogP contribution in [0.5, 0.6) is 0 Å². The van der Waals surface area contributed by atoms with Crippen LogP contribution in [0.1, 0.15) is 22.5 Å². The Bertz CT molecular complexity index is 874. The van der Waals surface area contributed by atoms with Crippen molar-refractivity contribution >= 4 is 5.91 Å². The second-order valence-corrected chi connectivity index (χ2v) is 6.94. The fourth-order valence-corrected chi connectivity index (χ4v) is 3.64. The molecule has 0 unspecified atom stereocenters. The number of benzene rings is 2. The van der Waals surface area contributed by atoms with Gasteiger partial charge in [-0.15, -0.1) is 0 Å². The minimum absolute atomic E-state index is 0.0135. The van der Waals surface area contributed by atoms with Crippen molar-refractivity contribution in [3.8, 4) is 11.1 Å². The van der Waals surface area contributed by atoms with Crippen molar-refractivity contribution in [2.24, 2.45) is 0 Å². The normalized spacial score (nSPS) is 15.5. The molecule has 27 heavy (non-hydrogen) atoms. The summed E-state index contributed by atoms with van der Waals surface area (Å²) in [6, 6.07) is 22.3. The lowest BCUT2D eigenvalue weighted by Crippen LogP contribution is -2.35. The Labute approximate surface area is 160 Å². The Hall–Kier alpha value is -2.85. The van der Waals surface area contributed by atoms with Gasteiger partial charge in [0.15, 0.2) is 5.76 Å². The van der Waals surface area contributed by atoms with E-state index in [2.05, 4.69) is 29.2 Å². The Morgan fingerprint density at radius 2 is 1.59 bits per heavy atom. The van der Waals surface area contributed by atoms with Crippen molar-refractivity contribution in [2.45, 2.75) is 13.0 Å². The van der Waals surface area contributed by atoms with Gasteiger partial charge >= 0.3 is 0 Å². The van der Waals surface area contributed by atoms with Crippen LogP contribution < -0.4 is 0 Å². The van der Waals surface area contributed by atoms with E-state index in [-0.39, 0.29) is 5.91 Å². The van der Waals surface area contributed by atoms with Gasteiger partial charge in [-0.1, -0.05) is 60.7 Å². The number of carbonyl (C=O) groups excluding carboxylic acids is 1. The summed E-state index contributed by atoms with van der Waals surface area (Å²) in [5, 5.41) is 0. The minimum atomic E-state index is -0.0135. The topological polar surface area (TPSA) is 36.7 Å². The average Bonchev–Trinajstić information content (AvgIpc) is 3.10. The van der Waals surface area contributed by atoms with Gasteiger partial charge < -0.3 is 9.32 Å². The maximum atomic E-state index is 13.1. The highest BCUT2D eigenvalue weighted by molar-refractivity contribution is 5.98. The van der Waals surface area contributed by atoms with Crippen molar-refractivity contribution in [3.05, 3.63) is 84.3 Å². The molecular weight excluding hydrogens is 336 g/mol. The third-order valence-corrected chi connectivity index (χ3v) is 5.07. The van der Waals surface area contributed by atoms with Crippen molar-refractivity contribution in [3.63, 3.8) is 0 Å². The molecule has 1 aromatic heterocycles. The highest BCUT2D eigenvalue weighted by Crippen LogP contribution is 2.26. The summed E-state index contributed by atoms with van der Waals surface area (Å²) in [5.74, 6) is 0.429. The van der Waals surface area contributed by atoms with Crippen molar-refractivity contribution in [2.75, 3.05) is 26.2 Å². The molecule has 0 bridgehead atoms. The fourth-order valence-electron chi connectivity index (χ4n) is 3.64. The first-order valence-electron chi connectivity index (χ1n) is 9.50. The van der Waals surface area contributed by atoms with Crippen LogP contribution in [0.2, 0.25) is 0 Å². The summed E-state index contributed by atoms with van der Waals surface area (Å²) in [5.41, 5.74) is 3.19. The molecule has 0 atom stereocenters. The maximum absolute atomic E-state index is 13.1. The summed E-state index contributed by atoms with van der Waals surface area (Å²) in [6.07, 6.45) is 2.58. The van der Waals surface area contributed by atoms with E-state index < -0.39 is 0 Å². The lowest BCUT2D eigenvalue weighted by atomic mass is 10.1. The molecule has 0 N–H and O–H groups in total. The van der Waals surface area contributed by atoms with Crippen molar-refractivity contribution in [1.29, 1.82) is 0 Å². The summed E-state index contributed by atoms with van der Waals surface area (Å²) in [7, 11) is 0. The van der Waals surface area contributed by atoms with Crippen molar-refractivity contribution in [1.82, 2.24) is 9.80 Å². The Kier molecular flexibility index (Phi) is 5.35. The lowest BCUT2D eigenvalue weighted by Gasteiger charge is -2.21. The van der Waals surface area contributed by atoms with Gasteiger partial charge in [0.1, 0.15) is 0 Å². The average molecular weight is 360 g/mol. The second-order valence-electron chi connectivity index (χ2n) is 6.94. The molecule has 1 amide bonds. The molecule has 4 nitrogen and oxygen atoms in total.